The maximum absolute atomic E-state index is 2.45. The molecule has 3 unspecified atom stereocenters. The van der Waals surface area contributed by atoms with Crippen LogP contribution in [0.15, 0.2) is 59.8 Å². The Kier molecular flexibility index (Phi) is 1.29. The van der Waals surface area contributed by atoms with Crippen molar-refractivity contribution in [2.45, 2.75) is 12.8 Å². The molecule has 1 fully saturated rings. The average Bonchev–Trinajstić information content (AvgIpc) is 2.89. The van der Waals surface area contributed by atoms with Crippen molar-refractivity contribution in [2.24, 2.45) is 17.3 Å². The first-order valence-corrected chi connectivity index (χ1v) is 5.86. The Hall–Kier alpha value is -1.30. The molecule has 4 rings (SSSR count). The number of fused-ring (bicyclic) bond motifs is 5. The molecule has 0 saturated heterocycles. The minimum absolute atomic E-state index is 0.354. The van der Waals surface area contributed by atoms with E-state index in [9.17, 15) is 0 Å². The van der Waals surface area contributed by atoms with Gasteiger partial charge in [0, 0.05) is 5.41 Å². The molecule has 0 heteroatoms. The zero-order valence-corrected chi connectivity index (χ0v) is 8.69. The summed E-state index contributed by atoms with van der Waals surface area (Å²) in [5.41, 5.74) is 3.37. The summed E-state index contributed by atoms with van der Waals surface area (Å²) in [6, 6.07) is 0. The van der Waals surface area contributed by atoms with E-state index in [2.05, 4.69) is 48.6 Å². The molecule has 74 valence electrons. The highest BCUT2D eigenvalue weighted by molar-refractivity contribution is 5.59. The second kappa shape index (κ2) is 2.44. The summed E-state index contributed by atoms with van der Waals surface area (Å²) in [7, 11) is 0. The molecule has 15 heavy (non-hydrogen) atoms. The predicted octanol–water partition coefficient (Wildman–Crippen LogP) is 3.56. The minimum atomic E-state index is 0.354. The molecule has 1 spiro atoms. The molecule has 4 aliphatic carbocycles. The van der Waals surface area contributed by atoms with E-state index in [4.69, 9.17) is 0 Å². The lowest BCUT2D eigenvalue weighted by atomic mass is 9.66. The molecule has 0 aromatic carbocycles. The van der Waals surface area contributed by atoms with Gasteiger partial charge in [-0.15, -0.1) is 0 Å². The van der Waals surface area contributed by atoms with E-state index in [1.165, 1.54) is 18.4 Å². The molecule has 4 aliphatic rings. The smallest absolute Gasteiger partial charge is 0.0209 e. The molecule has 0 heterocycles. The van der Waals surface area contributed by atoms with Crippen molar-refractivity contribution in [3.05, 3.63) is 59.8 Å². The Bertz CT molecular complexity index is 470. The Morgan fingerprint density at radius 1 is 1.13 bits per heavy atom. The number of allylic oxidation sites excluding steroid dienone is 10. The maximum atomic E-state index is 2.45. The van der Waals surface area contributed by atoms with Crippen LogP contribution in [0.25, 0.3) is 0 Å². The molecule has 0 aromatic heterocycles. The van der Waals surface area contributed by atoms with Crippen molar-refractivity contribution in [3.63, 3.8) is 0 Å². The van der Waals surface area contributed by atoms with Gasteiger partial charge in [0.05, 0.1) is 0 Å². The van der Waals surface area contributed by atoms with Crippen LogP contribution in [0.5, 0.6) is 0 Å². The highest BCUT2D eigenvalue weighted by Gasteiger charge is 2.50. The molecule has 0 radical (unpaired) electrons. The van der Waals surface area contributed by atoms with Crippen LogP contribution in [0.4, 0.5) is 0 Å². The van der Waals surface area contributed by atoms with E-state index in [0.29, 0.717) is 5.41 Å². The summed E-state index contributed by atoms with van der Waals surface area (Å²) in [6.07, 6.45) is 21.3. The Balaban J connectivity index is 1.89. The van der Waals surface area contributed by atoms with Crippen LogP contribution >= 0.6 is 0 Å². The molecule has 2 bridgehead atoms. The van der Waals surface area contributed by atoms with Gasteiger partial charge in [-0.05, 0) is 35.8 Å². The maximum Gasteiger partial charge on any atom is 0.0209 e. The first-order chi connectivity index (χ1) is 7.38. The molecule has 0 aliphatic heterocycles. The average molecular weight is 194 g/mol. The Labute approximate surface area is 90.4 Å². The summed E-state index contributed by atoms with van der Waals surface area (Å²) in [4.78, 5) is 0. The van der Waals surface area contributed by atoms with E-state index in [-0.39, 0.29) is 0 Å². The molecule has 0 N–H and O–H groups in total. The third-order valence-corrected chi connectivity index (χ3v) is 4.45. The summed E-state index contributed by atoms with van der Waals surface area (Å²) >= 11 is 0. The van der Waals surface area contributed by atoms with Gasteiger partial charge in [-0.25, -0.2) is 0 Å². The van der Waals surface area contributed by atoms with E-state index >= 15 is 0 Å². The van der Waals surface area contributed by atoms with Crippen molar-refractivity contribution in [1.29, 1.82) is 0 Å². The van der Waals surface area contributed by atoms with E-state index in [1.54, 1.807) is 5.57 Å². The van der Waals surface area contributed by atoms with E-state index in [0.717, 1.165) is 11.8 Å². The summed E-state index contributed by atoms with van der Waals surface area (Å²) < 4.78 is 0. The van der Waals surface area contributed by atoms with E-state index in [1.807, 2.05) is 0 Å². The third-order valence-electron chi connectivity index (χ3n) is 4.45. The van der Waals surface area contributed by atoms with Crippen molar-refractivity contribution in [2.75, 3.05) is 0 Å². The monoisotopic (exact) mass is 194 g/mol. The van der Waals surface area contributed by atoms with Crippen LogP contribution in [0.1, 0.15) is 12.8 Å². The molecular formula is C15H14. The zero-order chi connectivity index (χ0) is 9.88. The van der Waals surface area contributed by atoms with Gasteiger partial charge < -0.3 is 0 Å². The molecule has 1 saturated carbocycles. The normalized spacial score (nSPS) is 43.7. The van der Waals surface area contributed by atoms with Crippen molar-refractivity contribution < 1.29 is 0 Å². The van der Waals surface area contributed by atoms with Crippen LogP contribution in [0.2, 0.25) is 0 Å². The second-order valence-electron chi connectivity index (χ2n) is 5.15. The molecule has 0 amide bonds. The molecule has 0 aromatic rings. The minimum Gasteiger partial charge on any atom is -0.0850 e. The van der Waals surface area contributed by atoms with Crippen LogP contribution in [0, 0.1) is 17.3 Å². The van der Waals surface area contributed by atoms with Gasteiger partial charge in [0.15, 0.2) is 0 Å². The van der Waals surface area contributed by atoms with Crippen molar-refractivity contribution >= 4 is 0 Å². The van der Waals surface area contributed by atoms with Gasteiger partial charge in [0.25, 0.3) is 0 Å². The summed E-state index contributed by atoms with van der Waals surface area (Å²) in [5, 5.41) is 0. The number of hydrogen-bond acceptors (Lipinski definition) is 0. The summed E-state index contributed by atoms with van der Waals surface area (Å²) in [6.45, 7) is 0. The highest BCUT2D eigenvalue weighted by atomic mass is 14.5. The molecule has 0 nitrogen and oxygen atoms in total. The molecular weight excluding hydrogens is 180 g/mol. The van der Waals surface area contributed by atoms with Gasteiger partial charge in [0.1, 0.15) is 0 Å². The highest BCUT2D eigenvalue weighted by Crippen LogP contribution is 2.60. The largest absolute Gasteiger partial charge is 0.0850 e. The first kappa shape index (κ1) is 7.92. The predicted molar refractivity (Wildman–Crippen MR) is 62.2 cm³/mol. The third kappa shape index (κ3) is 0.836. The fourth-order valence-electron chi connectivity index (χ4n) is 3.81. The Morgan fingerprint density at radius 3 is 2.93 bits per heavy atom. The lowest BCUT2D eigenvalue weighted by Gasteiger charge is -2.37. The first-order valence-electron chi connectivity index (χ1n) is 5.86. The topological polar surface area (TPSA) is 0 Å². The van der Waals surface area contributed by atoms with Gasteiger partial charge in [-0.3, -0.25) is 0 Å². The number of rotatable bonds is 0. The van der Waals surface area contributed by atoms with Crippen LogP contribution in [-0.4, -0.2) is 0 Å². The van der Waals surface area contributed by atoms with Crippen LogP contribution < -0.4 is 0 Å². The SMILES string of the molecule is C1=CC2=CC=CC3(CC4C=CC3C4)C2=C1. The van der Waals surface area contributed by atoms with Gasteiger partial charge in [0.2, 0.25) is 0 Å². The fraction of sp³-hybridized carbons (Fsp3) is 0.333. The summed E-state index contributed by atoms with van der Waals surface area (Å²) in [5.74, 6) is 1.59. The fourth-order valence-corrected chi connectivity index (χ4v) is 3.81. The zero-order valence-electron chi connectivity index (χ0n) is 8.69. The van der Waals surface area contributed by atoms with Crippen LogP contribution in [0.3, 0.4) is 0 Å². The number of hydrogen-bond donors (Lipinski definition) is 0. The Morgan fingerprint density at radius 2 is 2.13 bits per heavy atom. The van der Waals surface area contributed by atoms with Crippen molar-refractivity contribution in [1.82, 2.24) is 0 Å². The lowest BCUT2D eigenvalue weighted by Crippen LogP contribution is -2.27. The quantitative estimate of drug-likeness (QED) is 0.517. The van der Waals surface area contributed by atoms with Crippen molar-refractivity contribution in [3.8, 4) is 0 Å². The second-order valence-corrected chi connectivity index (χ2v) is 5.15. The van der Waals surface area contributed by atoms with Gasteiger partial charge in [-0.2, -0.15) is 0 Å². The van der Waals surface area contributed by atoms with E-state index < -0.39 is 0 Å². The van der Waals surface area contributed by atoms with Gasteiger partial charge in [-0.1, -0.05) is 48.6 Å². The lowest BCUT2D eigenvalue weighted by molar-refractivity contribution is 0.386. The molecule has 3 atom stereocenters. The van der Waals surface area contributed by atoms with Gasteiger partial charge >= 0.3 is 0 Å². The standard InChI is InChI=1S/C15H14/c1-3-12-4-2-8-15(14(12)5-1)10-11-6-7-13(15)9-11/h1-8,11,13H,9-10H2. The van der Waals surface area contributed by atoms with Crippen LogP contribution in [-0.2, 0) is 0 Å².